The molecule has 4 heteroatoms. The van der Waals surface area contributed by atoms with Gasteiger partial charge in [-0.05, 0) is 31.4 Å². The van der Waals surface area contributed by atoms with Gasteiger partial charge in [0.15, 0.2) is 0 Å². The van der Waals surface area contributed by atoms with Crippen LogP contribution in [0.2, 0.25) is 0 Å². The molecule has 1 aromatic heterocycles. The van der Waals surface area contributed by atoms with Crippen LogP contribution in [0.1, 0.15) is 18.4 Å². The number of nitrogens with zero attached hydrogens (tertiary/aromatic N) is 2. The number of nitrogens with two attached hydrogens (primary N) is 1. The van der Waals surface area contributed by atoms with Gasteiger partial charge in [-0.1, -0.05) is 0 Å². The number of piperazine rings is 1. The third kappa shape index (κ3) is 1.63. The smallest absolute Gasteiger partial charge is 0.131 e. The van der Waals surface area contributed by atoms with Gasteiger partial charge in [0.2, 0.25) is 0 Å². The molecule has 0 amide bonds. The molecule has 2 aliphatic heterocycles. The number of aromatic nitrogens is 1. The number of rotatable bonds is 1. The minimum absolute atomic E-state index is 0.650. The second kappa shape index (κ2) is 3.63. The second-order valence-corrected chi connectivity index (χ2v) is 4.95. The first-order valence-electron chi connectivity index (χ1n) is 5.95. The highest BCUT2D eigenvalue weighted by Crippen LogP contribution is 2.26. The predicted molar refractivity (Wildman–Crippen MR) is 65.5 cm³/mol. The van der Waals surface area contributed by atoms with Crippen molar-refractivity contribution in [1.29, 1.82) is 0 Å². The van der Waals surface area contributed by atoms with E-state index in [1.54, 1.807) is 6.20 Å². The normalized spacial score (nSPS) is 28.4. The summed E-state index contributed by atoms with van der Waals surface area (Å²) in [7, 11) is 0. The van der Waals surface area contributed by atoms with Gasteiger partial charge in [0, 0.05) is 25.2 Å². The lowest BCUT2D eigenvalue weighted by atomic mass is 10.2. The Morgan fingerprint density at radius 1 is 1.38 bits per heavy atom. The Kier molecular flexibility index (Phi) is 2.24. The van der Waals surface area contributed by atoms with Gasteiger partial charge in [-0.2, -0.15) is 0 Å². The van der Waals surface area contributed by atoms with E-state index in [2.05, 4.69) is 22.1 Å². The second-order valence-electron chi connectivity index (χ2n) is 4.95. The van der Waals surface area contributed by atoms with Crippen molar-refractivity contribution in [1.82, 2.24) is 10.3 Å². The third-order valence-corrected chi connectivity index (χ3v) is 3.59. The Morgan fingerprint density at radius 3 is 2.69 bits per heavy atom. The minimum atomic E-state index is 0.650. The molecule has 2 unspecified atom stereocenters. The van der Waals surface area contributed by atoms with Gasteiger partial charge in [-0.25, -0.2) is 4.98 Å². The zero-order valence-electron chi connectivity index (χ0n) is 9.61. The Balaban J connectivity index is 1.87. The predicted octanol–water partition coefficient (Wildman–Crippen LogP) is 0.913. The van der Waals surface area contributed by atoms with Crippen molar-refractivity contribution in [2.24, 2.45) is 0 Å². The molecule has 3 rings (SSSR count). The van der Waals surface area contributed by atoms with Crippen LogP contribution >= 0.6 is 0 Å². The number of hydrogen-bond acceptors (Lipinski definition) is 4. The van der Waals surface area contributed by atoms with Crippen LogP contribution in [0.5, 0.6) is 0 Å². The molecule has 0 aliphatic carbocycles. The minimum Gasteiger partial charge on any atom is -0.397 e. The average molecular weight is 218 g/mol. The fraction of sp³-hybridized carbons (Fsp3) is 0.583. The zero-order chi connectivity index (χ0) is 11.1. The summed E-state index contributed by atoms with van der Waals surface area (Å²) in [5.74, 6) is 1.10. The Labute approximate surface area is 95.8 Å². The number of nitrogens with one attached hydrogen (secondary N) is 1. The van der Waals surface area contributed by atoms with Gasteiger partial charge in [-0.3, -0.25) is 0 Å². The lowest BCUT2D eigenvalue weighted by molar-refractivity contribution is 0.463. The quantitative estimate of drug-likeness (QED) is 0.736. The molecule has 3 N–H and O–H groups in total. The summed E-state index contributed by atoms with van der Waals surface area (Å²) in [4.78, 5) is 6.87. The monoisotopic (exact) mass is 218 g/mol. The SMILES string of the molecule is Cc1cc(N)cnc1N1CC2CCC(C1)N2. The molecular weight excluding hydrogens is 200 g/mol. The lowest BCUT2D eigenvalue weighted by Gasteiger charge is -2.34. The molecule has 0 saturated carbocycles. The van der Waals surface area contributed by atoms with Gasteiger partial charge in [0.25, 0.3) is 0 Å². The van der Waals surface area contributed by atoms with Gasteiger partial charge in [0.05, 0.1) is 11.9 Å². The molecule has 4 nitrogen and oxygen atoms in total. The van der Waals surface area contributed by atoms with Crippen molar-refractivity contribution in [2.45, 2.75) is 31.8 Å². The van der Waals surface area contributed by atoms with Crippen molar-refractivity contribution in [3.63, 3.8) is 0 Å². The molecule has 2 aliphatic rings. The van der Waals surface area contributed by atoms with Gasteiger partial charge >= 0.3 is 0 Å². The maximum Gasteiger partial charge on any atom is 0.131 e. The lowest BCUT2D eigenvalue weighted by Crippen LogP contribution is -2.51. The first-order chi connectivity index (χ1) is 7.72. The number of nitrogen functional groups attached to an aromatic ring is 1. The van der Waals surface area contributed by atoms with Crippen molar-refractivity contribution < 1.29 is 0 Å². The third-order valence-electron chi connectivity index (χ3n) is 3.59. The van der Waals surface area contributed by atoms with E-state index < -0.39 is 0 Å². The maximum atomic E-state index is 5.73. The molecule has 2 atom stereocenters. The molecule has 2 fully saturated rings. The number of pyridine rings is 1. The Morgan fingerprint density at radius 2 is 2.06 bits per heavy atom. The van der Waals surface area contributed by atoms with Gasteiger partial charge < -0.3 is 16.0 Å². The van der Waals surface area contributed by atoms with Crippen LogP contribution in [-0.2, 0) is 0 Å². The highest BCUT2D eigenvalue weighted by Gasteiger charge is 2.32. The fourth-order valence-electron chi connectivity index (χ4n) is 2.89. The summed E-state index contributed by atoms with van der Waals surface area (Å²) in [6, 6.07) is 3.31. The Bertz CT molecular complexity index is 392. The van der Waals surface area contributed by atoms with Crippen molar-refractivity contribution in [3.8, 4) is 0 Å². The average Bonchev–Trinajstić information content (AvgIpc) is 2.58. The maximum absolute atomic E-state index is 5.73. The summed E-state index contributed by atoms with van der Waals surface area (Å²) < 4.78 is 0. The summed E-state index contributed by atoms with van der Waals surface area (Å²) in [5, 5.41) is 3.63. The molecule has 0 aromatic carbocycles. The van der Waals surface area contributed by atoms with Crippen LogP contribution in [0.3, 0.4) is 0 Å². The first kappa shape index (κ1) is 9.90. The summed E-state index contributed by atoms with van der Waals surface area (Å²) in [6.45, 7) is 4.24. The highest BCUT2D eigenvalue weighted by atomic mass is 15.3. The fourth-order valence-corrected chi connectivity index (χ4v) is 2.89. The number of aryl methyl sites for hydroxylation is 1. The molecule has 2 saturated heterocycles. The molecule has 0 radical (unpaired) electrons. The molecule has 2 bridgehead atoms. The van der Waals surface area contributed by atoms with Crippen LogP contribution in [0, 0.1) is 6.92 Å². The number of fused-ring (bicyclic) bond motifs is 2. The Hall–Kier alpha value is -1.29. The van der Waals surface area contributed by atoms with E-state index in [1.165, 1.54) is 18.4 Å². The number of anilines is 2. The van der Waals surface area contributed by atoms with E-state index in [4.69, 9.17) is 5.73 Å². The van der Waals surface area contributed by atoms with Crippen molar-refractivity contribution >= 4 is 11.5 Å². The molecule has 0 spiro atoms. The summed E-state index contributed by atoms with van der Waals surface area (Å²) >= 11 is 0. The molecule has 86 valence electrons. The van der Waals surface area contributed by atoms with E-state index in [9.17, 15) is 0 Å². The van der Waals surface area contributed by atoms with E-state index >= 15 is 0 Å². The largest absolute Gasteiger partial charge is 0.397 e. The van der Waals surface area contributed by atoms with Crippen LogP contribution in [0.4, 0.5) is 11.5 Å². The van der Waals surface area contributed by atoms with E-state index in [1.807, 2.05) is 6.07 Å². The standard InChI is InChI=1S/C12H18N4/c1-8-4-9(13)5-14-12(8)16-6-10-2-3-11(7-16)15-10/h4-5,10-11,15H,2-3,6-7,13H2,1H3. The molecular formula is C12H18N4. The molecule has 16 heavy (non-hydrogen) atoms. The van der Waals surface area contributed by atoms with E-state index in [-0.39, 0.29) is 0 Å². The topological polar surface area (TPSA) is 54.2 Å². The van der Waals surface area contributed by atoms with Crippen molar-refractivity contribution in [3.05, 3.63) is 17.8 Å². The van der Waals surface area contributed by atoms with Gasteiger partial charge in [-0.15, -0.1) is 0 Å². The van der Waals surface area contributed by atoms with Crippen LogP contribution in [0.15, 0.2) is 12.3 Å². The van der Waals surface area contributed by atoms with Gasteiger partial charge in [0.1, 0.15) is 5.82 Å². The van der Waals surface area contributed by atoms with Crippen LogP contribution in [-0.4, -0.2) is 30.2 Å². The molecule has 1 aromatic rings. The van der Waals surface area contributed by atoms with E-state index in [0.29, 0.717) is 12.1 Å². The molecule has 3 heterocycles. The zero-order valence-corrected chi connectivity index (χ0v) is 9.61. The van der Waals surface area contributed by atoms with Crippen LogP contribution in [0.25, 0.3) is 0 Å². The first-order valence-corrected chi connectivity index (χ1v) is 5.95. The highest BCUT2D eigenvalue weighted by molar-refractivity contribution is 5.53. The van der Waals surface area contributed by atoms with E-state index in [0.717, 1.165) is 24.6 Å². The summed E-state index contributed by atoms with van der Waals surface area (Å²) in [5.41, 5.74) is 7.66. The summed E-state index contributed by atoms with van der Waals surface area (Å²) in [6.07, 6.45) is 4.36. The number of hydrogen-bond donors (Lipinski definition) is 2. The van der Waals surface area contributed by atoms with Crippen LogP contribution < -0.4 is 16.0 Å². The van der Waals surface area contributed by atoms with Crippen molar-refractivity contribution in [2.75, 3.05) is 23.7 Å².